The first kappa shape index (κ1) is 34.9. The molecule has 1 saturated heterocycles. The number of aryl methyl sites for hydroxylation is 1. The number of esters is 1. The third-order valence-electron chi connectivity index (χ3n) is 11.2. The van der Waals surface area contributed by atoms with Crippen molar-refractivity contribution in [1.82, 2.24) is 19.9 Å². The lowest BCUT2D eigenvalue weighted by Crippen LogP contribution is -2.51. The molecule has 2 amide bonds. The third-order valence-corrected chi connectivity index (χ3v) is 11.2. The number of pyridine rings is 2. The molecule has 0 aromatic carbocycles. The number of likely N-dealkylation sites (tertiary alicyclic amines) is 1. The van der Waals surface area contributed by atoms with Crippen LogP contribution >= 0.6 is 0 Å². The van der Waals surface area contributed by atoms with Crippen molar-refractivity contribution in [1.29, 1.82) is 0 Å². The maximum absolute atomic E-state index is 14.4. The summed E-state index contributed by atoms with van der Waals surface area (Å²) in [5.74, 6) is 3.09. The molecule has 7 rings (SSSR count). The lowest BCUT2D eigenvalue weighted by Gasteiger charge is -2.39. The Hall–Kier alpha value is -4.48. The van der Waals surface area contributed by atoms with Gasteiger partial charge in [-0.3, -0.25) is 19.5 Å². The van der Waals surface area contributed by atoms with Gasteiger partial charge < -0.3 is 23.5 Å². The average Bonchev–Trinajstić information content (AvgIpc) is 3.87. The monoisotopic (exact) mass is 699 g/mol. The van der Waals surface area contributed by atoms with Crippen LogP contribution in [0.25, 0.3) is 11.3 Å². The second-order valence-electron chi connectivity index (χ2n) is 14.8. The van der Waals surface area contributed by atoms with E-state index in [4.69, 9.17) is 33.6 Å². The van der Waals surface area contributed by atoms with Crippen LogP contribution in [-0.4, -0.2) is 77.8 Å². The molecule has 0 radical (unpaired) electrons. The lowest BCUT2D eigenvalue weighted by molar-refractivity contribution is -0.143. The highest BCUT2D eigenvalue weighted by molar-refractivity contribution is 5.94. The molecular formula is C39H49N5O7. The zero-order valence-corrected chi connectivity index (χ0v) is 29.9. The molecule has 12 nitrogen and oxygen atoms in total. The van der Waals surface area contributed by atoms with Crippen LogP contribution in [0, 0.1) is 24.7 Å². The third kappa shape index (κ3) is 8.20. The second-order valence-corrected chi connectivity index (χ2v) is 14.8. The lowest BCUT2D eigenvalue weighted by atomic mass is 9.79. The van der Waals surface area contributed by atoms with Crippen LogP contribution in [0.1, 0.15) is 99.7 Å². The minimum absolute atomic E-state index is 0.0752. The van der Waals surface area contributed by atoms with Crippen LogP contribution in [0.3, 0.4) is 0 Å². The van der Waals surface area contributed by atoms with Crippen LogP contribution in [0.2, 0.25) is 0 Å². The van der Waals surface area contributed by atoms with E-state index in [1.807, 2.05) is 30.0 Å². The standard InChI is InChI=1S/C39H49N5O7/c1-24-34(48-2)15-14-32(41-24)27-6-4-25(5-7-27)22-44(35-19-30(16-17-40-35)33-23-50-37(42-33)28-8-9-28)38(46)29-10-12-31(13-11-29)51-39(47)43-20-26(21-43)18-36(45)49-3/h14-17,19,23,25-29,31H,4-13,18,20-22H2,1-3H3. The van der Waals surface area contributed by atoms with Gasteiger partial charge in [0.1, 0.15) is 29.6 Å². The molecule has 0 atom stereocenters. The molecule has 4 fully saturated rings. The van der Waals surface area contributed by atoms with Crippen LogP contribution in [-0.2, 0) is 19.1 Å². The van der Waals surface area contributed by atoms with E-state index in [1.165, 1.54) is 7.11 Å². The Morgan fingerprint density at radius 3 is 2.33 bits per heavy atom. The van der Waals surface area contributed by atoms with Crippen LogP contribution in [0.5, 0.6) is 5.75 Å². The summed E-state index contributed by atoms with van der Waals surface area (Å²) in [4.78, 5) is 56.6. The van der Waals surface area contributed by atoms with Crippen molar-refractivity contribution in [2.24, 2.45) is 17.8 Å². The summed E-state index contributed by atoms with van der Waals surface area (Å²) in [5, 5.41) is 0. The van der Waals surface area contributed by atoms with Crippen LogP contribution in [0.15, 0.2) is 41.1 Å². The van der Waals surface area contributed by atoms with E-state index in [0.717, 1.165) is 72.8 Å². The quantitative estimate of drug-likeness (QED) is 0.196. The van der Waals surface area contributed by atoms with Gasteiger partial charge in [-0.25, -0.2) is 14.8 Å². The van der Waals surface area contributed by atoms with E-state index < -0.39 is 0 Å². The Kier molecular flexibility index (Phi) is 10.6. The Morgan fingerprint density at radius 2 is 1.65 bits per heavy atom. The number of ether oxygens (including phenoxy) is 3. The number of amides is 2. The molecule has 51 heavy (non-hydrogen) atoms. The van der Waals surface area contributed by atoms with E-state index in [-0.39, 0.29) is 35.9 Å². The van der Waals surface area contributed by atoms with E-state index in [9.17, 15) is 14.4 Å². The molecule has 3 aromatic rings. The predicted octanol–water partition coefficient (Wildman–Crippen LogP) is 6.82. The molecule has 272 valence electrons. The van der Waals surface area contributed by atoms with Crippen LogP contribution < -0.4 is 9.64 Å². The summed E-state index contributed by atoms with van der Waals surface area (Å²) >= 11 is 0. The number of carbonyl (C=O) groups is 3. The molecule has 3 saturated carbocycles. The highest BCUT2D eigenvalue weighted by Crippen LogP contribution is 2.41. The molecule has 0 unspecified atom stereocenters. The van der Waals surface area contributed by atoms with Crippen LogP contribution in [0.4, 0.5) is 10.6 Å². The van der Waals surface area contributed by atoms with Gasteiger partial charge in [-0.2, -0.15) is 0 Å². The molecule has 0 spiro atoms. The second kappa shape index (κ2) is 15.4. The zero-order chi connectivity index (χ0) is 35.5. The fourth-order valence-electron chi connectivity index (χ4n) is 7.90. The van der Waals surface area contributed by atoms with Gasteiger partial charge in [0.15, 0.2) is 5.89 Å². The molecular weight excluding hydrogens is 650 g/mol. The van der Waals surface area contributed by atoms with E-state index in [2.05, 4.69) is 6.07 Å². The van der Waals surface area contributed by atoms with E-state index in [0.29, 0.717) is 75.3 Å². The van der Waals surface area contributed by atoms with Crippen molar-refractivity contribution in [3.8, 4) is 17.0 Å². The Balaban J connectivity index is 0.999. The normalized spacial score (nSPS) is 23.6. The molecule has 3 aliphatic carbocycles. The maximum atomic E-state index is 14.4. The minimum atomic E-state index is -0.346. The molecule has 1 aliphatic heterocycles. The fourth-order valence-corrected chi connectivity index (χ4v) is 7.90. The van der Waals surface area contributed by atoms with Gasteiger partial charge in [0.05, 0.1) is 26.3 Å². The fraction of sp³-hybridized carbons (Fsp3) is 0.590. The summed E-state index contributed by atoms with van der Waals surface area (Å²) in [7, 11) is 3.04. The number of nitrogens with zero attached hydrogens (tertiary/aromatic N) is 5. The highest BCUT2D eigenvalue weighted by atomic mass is 16.6. The number of methoxy groups -OCH3 is 2. The van der Waals surface area contributed by atoms with Gasteiger partial charge in [0.25, 0.3) is 0 Å². The first-order valence-electron chi connectivity index (χ1n) is 18.5. The van der Waals surface area contributed by atoms with Gasteiger partial charge >= 0.3 is 12.1 Å². The number of carbonyl (C=O) groups excluding carboxylic acids is 3. The molecule has 0 bridgehead atoms. The number of hydrogen-bond acceptors (Lipinski definition) is 10. The predicted molar refractivity (Wildman–Crippen MR) is 188 cm³/mol. The molecule has 0 N–H and O–H groups in total. The van der Waals surface area contributed by atoms with Gasteiger partial charge in [-0.1, -0.05) is 0 Å². The van der Waals surface area contributed by atoms with Crippen molar-refractivity contribution in [2.75, 3.05) is 38.8 Å². The Labute approximate surface area is 299 Å². The highest BCUT2D eigenvalue weighted by Gasteiger charge is 2.38. The number of rotatable bonds is 11. The molecule has 4 heterocycles. The maximum Gasteiger partial charge on any atom is 0.410 e. The first-order valence-corrected chi connectivity index (χ1v) is 18.5. The smallest absolute Gasteiger partial charge is 0.410 e. The van der Waals surface area contributed by atoms with E-state index >= 15 is 0 Å². The SMILES string of the molecule is COC(=O)CC1CN(C(=O)OC2CCC(C(=O)N(CC3CCC(c4ccc(OC)c(C)n4)CC3)c3cc(-c4coc(C5CC5)n4)ccn3)CC2)C1. The largest absolute Gasteiger partial charge is 0.495 e. The van der Waals surface area contributed by atoms with Crippen molar-refractivity contribution in [3.05, 3.63) is 54.0 Å². The Bertz CT molecular complexity index is 1700. The van der Waals surface area contributed by atoms with Gasteiger partial charge in [0, 0.05) is 60.8 Å². The zero-order valence-electron chi connectivity index (χ0n) is 29.9. The number of anilines is 1. The molecule has 12 heteroatoms. The van der Waals surface area contributed by atoms with Crippen molar-refractivity contribution < 1.29 is 33.0 Å². The van der Waals surface area contributed by atoms with Crippen molar-refractivity contribution in [2.45, 2.75) is 95.5 Å². The van der Waals surface area contributed by atoms with E-state index in [1.54, 1.807) is 24.5 Å². The van der Waals surface area contributed by atoms with Crippen molar-refractivity contribution >= 4 is 23.8 Å². The van der Waals surface area contributed by atoms with Gasteiger partial charge in [-0.15, -0.1) is 0 Å². The first-order chi connectivity index (χ1) is 24.8. The molecule has 3 aromatic heterocycles. The summed E-state index contributed by atoms with van der Waals surface area (Å²) in [6, 6.07) is 7.98. The van der Waals surface area contributed by atoms with Gasteiger partial charge in [0.2, 0.25) is 5.91 Å². The summed E-state index contributed by atoms with van der Waals surface area (Å²) in [6.45, 7) is 3.58. The Morgan fingerprint density at radius 1 is 0.902 bits per heavy atom. The number of hydrogen-bond donors (Lipinski definition) is 0. The number of aromatic nitrogens is 3. The van der Waals surface area contributed by atoms with Crippen molar-refractivity contribution in [3.63, 3.8) is 0 Å². The van der Waals surface area contributed by atoms with Gasteiger partial charge in [-0.05, 0) is 101 Å². The summed E-state index contributed by atoms with van der Waals surface area (Å²) in [5.41, 5.74) is 3.66. The average molecular weight is 700 g/mol. The summed E-state index contributed by atoms with van der Waals surface area (Å²) in [6.07, 6.45) is 12.0. The minimum Gasteiger partial charge on any atom is -0.495 e. The summed E-state index contributed by atoms with van der Waals surface area (Å²) < 4.78 is 21.8. The topological polar surface area (TPSA) is 137 Å². The number of oxazole rings is 1. The molecule has 4 aliphatic rings.